The highest BCUT2D eigenvalue weighted by atomic mass is 32.2. The van der Waals surface area contributed by atoms with E-state index in [0.717, 1.165) is 16.1 Å². The van der Waals surface area contributed by atoms with Gasteiger partial charge < -0.3 is 19.7 Å². The molecular weight excluding hydrogens is 477 g/mol. The van der Waals surface area contributed by atoms with Crippen LogP contribution in [0.15, 0.2) is 42.5 Å². The number of carbonyl (C=O) groups excluding carboxylic acids is 2. The zero-order valence-electron chi connectivity index (χ0n) is 20.6. The van der Waals surface area contributed by atoms with Gasteiger partial charge in [0.05, 0.1) is 27.0 Å². The van der Waals surface area contributed by atoms with Gasteiger partial charge >= 0.3 is 0 Å². The minimum atomic E-state index is -3.59. The molecule has 0 spiro atoms. The fraction of sp³-hybridized carbons (Fsp3) is 0.417. The van der Waals surface area contributed by atoms with Gasteiger partial charge in [-0.15, -0.1) is 0 Å². The number of hydrogen-bond donors (Lipinski definition) is 1. The number of nitrogens with zero attached hydrogens (tertiary/aromatic N) is 2. The summed E-state index contributed by atoms with van der Waals surface area (Å²) in [5, 5.41) is 2.81. The van der Waals surface area contributed by atoms with Crippen LogP contribution in [0.2, 0.25) is 0 Å². The highest BCUT2D eigenvalue weighted by Gasteiger charge is 2.28. The Hall–Kier alpha value is -3.18. The SMILES string of the molecule is COc1ccc(CCNC(=O)[C@H](C)N(Cc2ccc(F)cc2)C(=O)CN(C)S(C)(=O)=O)cc1OC. The smallest absolute Gasteiger partial charge is 0.242 e. The first-order chi connectivity index (χ1) is 16.5. The van der Waals surface area contributed by atoms with E-state index in [9.17, 15) is 22.4 Å². The van der Waals surface area contributed by atoms with Crippen LogP contribution >= 0.6 is 0 Å². The van der Waals surface area contributed by atoms with Gasteiger partial charge in [0.1, 0.15) is 11.9 Å². The molecule has 0 fully saturated rings. The maximum Gasteiger partial charge on any atom is 0.242 e. The predicted molar refractivity (Wildman–Crippen MR) is 130 cm³/mol. The summed E-state index contributed by atoms with van der Waals surface area (Å²) in [5.41, 5.74) is 1.52. The van der Waals surface area contributed by atoms with E-state index < -0.39 is 40.2 Å². The third-order valence-corrected chi connectivity index (χ3v) is 6.78. The Bertz CT molecular complexity index is 1120. The summed E-state index contributed by atoms with van der Waals surface area (Å²) >= 11 is 0. The van der Waals surface area contributed by atoms with E-state index in [2.05, 4.69) is 5.32 Å². The summed E-state index contributed by atoms with van der Waals surface area (Å²) < 4.78 is 48.3. The highest BCUT2D eigenvalue weighted by molar-refractivity contribution is 7.88. The van der Waals surface area contributed by atoms with Crippen molar-refractivity contribution in [2.75, 3.05) is 40.6 Å². The number of carbonyl (C=O) groups is 2. The molecule has 0 bridgehead atoms. The second-order valence-corrected chi connectivity index (χ2v) is 10.2. The van der Waals surface area contributed by atoms with Crippen LogP contribution in [0.5, 0.6) is 11.5 Å². The molecule has 0 aliphatic rings. The molecule has 11 heteroatoms. The molecular formula is C24H32FN3O6S. The average Bonchev–Trinajstić information content (AvgIpc) is 2.82. The molecule has 2 aromatic carbocycles. The Morgan fingerprint density at radius 1 is 1.03 bits per heavy atom. The second-order valence-electron chi connectivity index (χ2n) is 8.07. The normalized spacial score (nSPS) is 12.2. The van der Waals surface area contributed by atoms with E-state index in [-0.39, 0.29) is 6.54 Å². The number of halogens is 1. The first-order valence-corrected chi connectivity index (χ1v) is 12.7. The first kappa shape index (κ1) is 28.1. The molecule has 0 saturated carbocycles. The van der Waals surface area contributed by atoms with Gasteiger partial charge in [0.25, 0.3) is 0 Å². The number of rotatable bonds is 12. The number of benzene rings is 2. The number of sulfonamides is 1. The molecule has 0 unspecified atom stereocenters. The summed E-state index contributed by atoms with van der Waals surface area (Å²) in [4.78, 5) is 27.2. The van der Waals surface area contributed by atoms with Crippen LogP contribution < -0.4 is 14.8 Å². The van der Waals surface area contributed by atoms with Gasteiger partial charge in [-0.2, -0.15) is 4.31 Å². The van der Waals surface area contributed by atoms with Crippen LogP contribution in [0.25, 0.3) is 0 Å². The fourth-order valence-electron chi connectivity index (χ4n) is 3.28. The second kappa shape index (κ2) is 12.5. The van der Waals surface area contributed by atoms with E-state index >= 15 is 0 Å². The fourth-order valence-corrected chi connectivity index (χ4v) is 3.63. The number of nitrogens with one attached hydrogen (secondary N) is 1. The standard InChI is InChI=1S/C24H32FN3O6S/c1-17(24(30)26-13-12-18-8-11-21(33-3)22(14-18)34-4)28(15-19-6-9-20(25)10-7-19)23(29)16-27(2)35(5,31)32/h6-11,14,17H,12-13,15-16H2,1-5H3,(H,26,30)/t17-/m0/s1. The van der Waals surface area contributed by atoms with Gasteiger partial charge in [0, 0.05) is 20.1 Å². The van der Waals surface area contributed by atoms with Gasteiger partial charge in [0.15, 0.2) is 11.5 Å². The van der Waals surface area contributed by atoms with Crippen molar-refractivity contribution >= 4 is 21.8 Å². The van der Waals surface area contributed by atoms with Crippen LogP contribution in [0.3, 0.4) is 0 Å². The molecule has 0 aliphatic carbocycles. The Labute approximate surface area is 205 Å². The topological polar surface area (TPSA) is 105 Å². The van der Waals surface area contributed by atoms with Gasteiger partial charge in [-0.1, -0.05) is 18.2 Å². The minimum absolute atomic E-state index is 0.0149. The number of likely N-dealkylation sites (N-methyl/N-ethyl adjacent to an activating group) is 1. The number of ether oxygens (including phenoxy) is 2. The third kappa shape index (κ3) is 8.22. The van der Waals surface area contributed by atoms with E-state index in [1.165, 1.54) is 36.2 Å². The van der Waals surface area contributed by atoms with Crippen LogP contribution in [0.4, 0.5) is 4.39 Å². The molecule has 1 N–H and O–H groups in total. The van der Waals surface area contributed by atoms with E-state index in [1.54, 1.807) is 27.2 Å². The summed E-state index contributed by atoms with van der Waals surface area (Å²) in [6.45, 7) is 1.46. The van der Waals surface area contributed by atoms with Crippen molar-refractivity contribution in [2.24, 2.45) is 0 Å². The van der Waals surface area contributed by atoms with Crippen molar-refractivity contribution < 1.29 is 31.9 Å². The molecule has 35 heavy (non-hydrogen) atoms. The molecule has 1 atom stereocenters. The lowest BCUT2D eigenvalue weighted by Crippen LogP contribution is -2.50. The Balaban J connectivity index is 2.10. The third-order valence-electron chi connectivity index (χ3n) is 5.52. The van der Waals surface area contributed by atoms with Crippen LogP contribution in [-0.2, 0) is 32.6 Å². The first-order valence-electron chi connectivity index (χ1n) is 10.9. The summed E-state index contributed by atoms with van der Waals surface area (Å²) in [7, 11) is 0.782. The number of methoxy groups -OCH3 is 2. The van der Waals surface area contributed by atoms with Gasteiger partial charge in [0.2, 0.25) is 21.8 Å². The maximum atomic E-state index is 13.3. The van der Waals surface area contributed by atoms with Gasteiger partial charge in [-0.3, -0.25) is 9.59 Å². The molecule has 2 amide bonds. The Morgan fingerprint density at radius 2 is 1.63 bits per heavy atom. The molecule has 192 valence electrons. The Kier molecular flexibility index (Phi) is 10.0. The Morgan fingerprint density at radius 3 is 2.20 bits per heavy atom. The van der Waals surface area contributed by atoms with Crippen molar-refractivity contribution in [1.82, 2.24) is 14.5 Å². The maximum absolute atomic E-state index is 13.3. The quantitative estimate of drug-likeness (QED) is 0.468. The van der Waals surface area contributed by atoms with Crippen LogP contribution in [-0.4, -0.2) is 76.1 Å². The van der Waals surface area contributed by atoms with Gasteiger partial charge in [-0.05, 0) is 48.7 Å². The van der Waals surface area contributed by atoms with Crippen LogP contribution in [0.1, 0.15) is 18.1 Å². The molecule has 0 aromatic heterocycles. The van der Waals surface area contributed by atoms with E-state index in [1.807, 2.05) is 12.1 Å². The van der Waals surface area contributed by atoms with Crippen LogP contribution in [0, 0.1) is 5.82 Å². The van der Waals surface area contributed by atoms with Crippen molar-refractivity contribution in [2.45, 2.75) is 25.9 Å². The molecule has 2 rings (SSSR count). The van der Waals surface area contributed by atoms with E-state index in [0.29, 0.717) is 30.0 Å². The monoisotopic (exact) mass is 509 g/mol. The van der Waals surface area contributed by atoms with Crippen molar-refractivity contribution in [3.8, 4) is 11.5 Å². The van der Waals surface area contributed by atoms with Gasteiger partial charge in [-0.25, -0.2) is 12.8 Å². The lowest BCUT2D eigenvalue weighted by molar-refractivity contribution is -0.140. The number of amides is 2. The zero-order chi connectivity index (χ0) is 26.2. The molecule has 0 aliphatic heterocycles. The zero-order valence-corrected chi connectivity index (χ0v) is 21.4. The molecule has 9 nitrogen and oxygen atoms in total. The average molecular weight is 510 g/mol. The van der Waals surface area contributed by atoms with Crippen molar-refractivity contribution in [3.05, 3.63) is 59.4 Å². The summed E-state index contributed by atoms with van der Waals surface area (Å²) in [5.74, 6) is -0.198. The molecule has 0 heterocycles. The minimum Gasteiger partial charge on any atom is -0.493 e. The molecule has 2 aromatic rings. The highest BCUT2D eigenvalue weighted by Crippen LogP contribution is 2.27. The predicted octanol–water partition coefficient (Wildman–Crippen LogP) is 1.81. The van der Waals surface area contributed by atoms with Crippen molar-refractivity contribution in [1.29, 1.82) is 0 Å². The summed E-state index contributed by atoms with van der Waals surface area (Å²) in [6.07, 6.45) is 1.51. The van der Waals surface area contributed by atoms with E-state index in [4.69, 9.17) is 9.47 Å². The number of hydrogen-bond acceptors (Lipinski definition) is 6. The molecule has 0 radical (unpaired) electrons. The lowest BCUT2D eigenvalue weighted by atomic mass is 10.1. The van der Waals surface area contributed by atoms with Crippen molar-refractivity contribution in [3.63, 3.8) is 0 Å². The summed E-state index contributed by atoms with van der Waals surface area (Å²) in [6, 6.07) is 10.1. The largest absolute Gasteiger partial charge is 0.493 e. The lowest BCUT2D eigenvalue weighted by Gasteiger charge is -2.30. The molecule has 0 saturated heterocycles.